The van der Waals surface area contributed by atoms with Crippen molar-refractivity contribution in [3.8, 4) is 17.2 Å². The molecule has 0 saturated carbocycles. The van der Waals surface area contributed by atoms with E-state index in [-0.39, 0.29) is 12.5 Å². The second-order valence-electron chi connectivity index (χ2n) is 7.16. The highest BCUT2D eigenvalue weighted by Crippen LogP contribution is 2.33. The number of hydrazone groups is 1. The summed E-state index contributed by atoms with van der Waals surface area (Å²) < 4.78 is 16.3. The molecule has 0 atom stereocenters. The number of ether oxygens (including phenoxy) is 3. The topological polar surface area (TPSA) is 98.2 Å². The van der Waals surface area contributed by atoms with Gasteiger partial charge in [-0.1, -0.05) is 36.4 Å². The number of nitrogens with zero attached hydrogens (tertiary/aromatic N) is 1. The number of hydrogen-bond acceptors (Lipinski definition) is 6. The first-order valence-corrected chi connectivity index (χ1v) is 10.7. The molecule has 0 fully saturated rings. The molecule has 2 amide bonds. The smallest absolute Gasteiger partial charge is 0.287 e. The maximum absolute atomic E-state index is 13.0. The van der Waals surface area contributed by atoms with E-state index in [1.165, 1.54) is 6.21 Å². The van der Waals surface area contributed by atoms with Gasteiger partial charge in [0.15, 0.2) is 11.5 Å². The van der Waals surface area contributed by atoms with E-state index in [2.05, 4.69) is 15.8 Å². The van der Waals surface area contributed by atoms with Gasteiger partial charge in [0, 0.05) is 11.1 Å². The fourth-order valence-corrected chi connectivity index (χ4v) is 3.21. The summed E-state index contributed by atoms with van der Waals surface area (Å²) in [5.41, 5.74) is 4.25. The molecule has 0 unspecified atom stereocenters. The molecular formula is C26H23N3O5. The Hall–Kier alpha value is -4.59. The predicted molar refractivity (Wildman–Crippen MR) is 128 cm³/mol. The molecule has 1 heterocycles. The van der Waals surface area contributed by atoms with Crippen molar-refractivity contribution in [1.82, 2.24) is 10.7 Å². The third-order valence-electron chi connectivity index (χ3n) is 4.83. The summed E-state index contributed by atoms with van der Waals surface area (Å²) in [4.78, 5) is 25.7. The van der Waals surface area contributed by atoms with Gasteiger partial charge in [0.1, 0.15) is 11.4 Å². The van der Waals surface area contributed by atoms with Crippen LogP contribution in [0, 0.1) is 0 Å². The molecule has 172 valence electrons. The average Bonchev–Trinajstić information content (AvgIpc) is 3.33. The average molecular weight is 457 g/mol. The molecule has 0 spiro atoms. The second-order valence-corrected chi connectivity index (χ2v) is 7.16. The van der Waals surface area contributed by atoms with Crippen molar-refractivity contribution in [2.75, 3.05) is 13.4 Å². The molecule has 2 N–H and O–H groups in total. The van der Waals surface area contributed by atoms with Gasteiger partial charge in [0.25, 0.3) is 11.8 Å². The highest BCUT2D eigenvalue weighted by molar-refractivity contribution is 6.05. The van der Waals surface area contributed by atoms with Crippen LogP contribution in [-0.4, -0.2) is 31.4 Å². The summed E-state index contributed by atoms with van der Waals surface area (Å²) in [7, 11) is 0. The molecule has 8 heteroatoms. The van der Waals surface area contributed by atoms with Gasteiger partial charge >= 0.3 is 0 Å². The fourth-order valence-electron chi connectivity index (χ4n) is 3.21. The third kappa shape index (κ3) is 5.60. The van der Waals surface area contributed by atoms with Crippen molar-refractivity contribution in [3.05, 3.63) is 95.2 Å². The summed E-state index contributed by atoms with van der Waals surface area (Å²) in [6.45, 7) is 2.53. The molecule has 0 radical (unpaired) electrons. The molecule has 0 saturated heterocycles. The molecule has 3 aromatic rings. The largest absolute Gasteiger partial charge is 0.493 e. The molecule has 1 aliphatic rings. The first-order chi connectivity index (χ1) is 16.6. The second kappa shape index (κ2) is 10.8. The van der Waals surface area contributed by atoms with E-state index < -0.39 is 11.8 Å². The van der Waals surface area contributed by atoms with E-state index >= 15 is 0 Å². The third-order valence-corrected chi connectivity index (χ3v) is 4.83. The van der Waals surface area contributed by atoms with Crippen LogP contribution in [0.4, 0.5) is 0 Å². The highest BCUT2D eigenvalue weighted by Gasteiger charge is 2.17. The molecule has 1 aliphatic heterocycles. The Balaban J connectivity index is 1.56. The van der Waals surface area contributed by atoms with Gasteiger partial charge in [0.2, 0.25) is 6.79 Å². The molecule has 8 nitrogen and oxygen atoms in total. The Morgan fingerprint density at radius 2 is 1.76 bits per heavy atom. The van der Waals surface area contributed by atoms with Crippen LogP contribution in [0.1, 0.15) is 28.4 Å². The Morgan fingerprint density at radius 1 is 1.00 bits per heavy atom. The van der Waals surface area contributed by atoms with Crippen LogP contribution in [0.25, 0.3) is 6.08 Å². The number of fused-ring (bicyclic) bond motifs is 1. The first-order valence-electron chi connectivity index (χ1n) is 10.7. The lowest BCUT2D eigenvalue weighted by molar-refractivity contribution is -0.117. The van der Waals surface area contributed by atoms with Gasteiger partial charge in [0.05, 0.1) is 12.8 Å². The first kappa shape index (κ1) is 22.6. The maximum Gasteiger partial charge on any atom is 0.287 e. The molecule has 34 heavy (non-hydrogen) atoms. The van der Waals surface area contributed by atoms with E-state index in [9.17, 15) is 9.59 Å². The SMILES string of the molecule is CCOc1ccccc1/C=N\NC(=O)/C(=C\c1ccc2c(c1)OCO2)NC(=O)c1ccccc1. The normalized spacial score (nSPS) is 12.4. The van der Waals surface area contributed by atoms with Gasteiger partial charge in [-0.2, -0.15) is 5.10 Å². The minimum absolute atomic E-state index is 0.0166. The van der Waals surface area contributed by atoms with Crippen LogP contribution in [0.3, 0.4) is 0 Å². The van der Waals surface area contributed by atoms with Gasteiger partial charge in [-0.05, 0) is 55.0 Å². The molecule has 4 rings (SSSR count). The summed E-state index contributed by atoms with van der Waals surface area (Å²) in [6.07, 6.45) is 3.03. The number of amides is 2. The van der Waals surface area contributed by atoms with E-state index in [0.29, 0.717) is 40.5 Å². The molecule has 0 aromatic heterocycles. The number of nitrogens with one attached hydrogen (secondary N) is 2. The van der Waals surface area contributed by atoms with Crippen LogP contribution < -0.4 is 25.0 Å². The summed E-state index contributed by atoms with van der Waals surface area (Å²) >= 11 is 0. The van der Waals surface area contributed by atoms with Crippen molar-refractivity contribution in [2.24, 2.45) is 5.10 Å². The summed E-state index contributed by atoms with van der Waals surface area (Å²) in [5.74, 6) is 0.819. The number of hydrogen-bond donors (Lipinski definition) is 2. The van der Waals surface area contributed by atoms with Gasteiger partial charge < -0.3 is 19.5 Å². The van der Waals surface area contributed by atoms with E-state index in [1.54, 1.807) is 48.5 Å². The predicted octanol–water partition coefficient (Wildman–Crippen LogP) is 3.74. The van der Waals surface area contributed by atoms with Crippen molar-refractivity contribution < 1.29 is 23.8 Å². The lowest BCUT2D eigenvalue weighted by Crippen LogP contribution is -2.32. The monoisotopic (exact) mass is 457 g/mol. The lowest BCUT2D eigenvalue weighted by Gasteiger charge is -2.10. The van der Waals surface area contributed by atoms with Gasteiger partial charge in [-0.15, -0.1) is 0 Å². The Kier molecular flexibility index (Phi) is 7.19. The number of carbonyl (C=O) groups excluding carboxylic acids is 2. The number of benzene rings is 3. The summed E-state index contributed by atoms with van der Waals surface area (Å²) in [6, 6.07) is 21.2. The van der Waals surface area contributed by atoms with Crippen LogP contribution in [0.5, 0.6) is 17.2 Å². The van der Waals surface area contributed by atoms with E-state index in [1.807, 2.05) is 37.3 Å². The molecule has 0 bridgehead atoms. The minimum Gasteiger partial charge on any atom is -0.493 e. The quantitative estimate of drug-likeness (QED) is 0.305. The van der Waals surface area contributed by atoms with Crippen molar-refractivity contribution in [3.63, 3.8) is 0 Å². The highest BCUT2D eigenvalue weighted by atomic mass is 16.7. The van der Waals surface area contributed by atoms with Crippen LogP contribution in [0.15, 0.2) is 83.6 Å². The zero-order valence-corrected chi connectivity index (χ0v) is 18.5. The number of para-hydroxylation sites is 1. The van der Waals surface area contributed by atoms with E-state index in [0.717, 1.165) is 0 Å². The molecule has 3 aromatic carbocycles. The van der Waals surface area contributed by atoms with Crippen molar-refractivity contribution in [2.45, 2.75) is 6.92 Å². The van der Waals surface area contributed by atoms with Crippen LogP contribution in [-0.2, 0) is 4.79 Å². The fraction of sp³-hybridized carbons (Fsp3) is 0.115. The maximum atomic E-state index is 13.0. The zero-order valence-electron chi connectivity index (χ0n) is 18.5. The Morgan fingerprint density at radius 3 is 2.59 bits per heavy atom. The lowest BCUT2D eigenvalue weighted by atomic mass is 10.1. The summed E-state index contributed by atoms with van der Waals surface area (Å²) in [5, 5.41) is 6.71. The number of carbonyl (C=O) groups is 2. The van der Waals surface area contributed by atoms with Gasteiger partial charge in [-0.3, -0.25) is 9.59 Å². The minimum atomic E-state index is -0.591. The molecule has 0 aliphatic carbocycles. The number of rotatable bonds is 8. The zero-order chi connectivity index (χ0) is 23.8. The standard InChI is InChI=1S/C26H23N3O5/c1-2-32-22-11-7-6-10-20(22)16-27-29-26(31)21(28-25(30)19-8-4-3-5-9-19)14-18-12-13-23-24(15-18)34-17-33-23/h3-16H,2,17H2,1H3,(H,28,30)(H,29,31)/b21-14+,27-16-. The van der Waals surface area contributed by atoms with Crippen LogP contribution in [0.2, 0.25) is 0 Å². The molecular weight excluding hydrogens is 434 g/mol. The Bertz CT molecular complexity index is 1240. The van der Waals surface area contributed by atoms with Crippen molar-refractivity contribution >= 4 is 24.1 Å². The van der Waals surface area contributed by atoms with Gasteiger partial charge in [-0.25, -0.2) is 5.43 Å². The van der Waals surface area contributed by atoms with E-state index in [4.69, 9.17) is 14.2 Å². The Labute approximate surface area is 196 Å². The van der Waals surface area contributed by atoms with Crippen molar-refractivity contribution in [1.29, 1.82) is 0 Å². The van der Waals surface area contributed by atoms with Crippen LogP contribution >= 0.6 is 0 Å².